The Morgan fingerprint density at radius 3 is 2.23 bits per heavy atom. The smallest absolute Gasteiger partial charge is 0.234 e. The van der Waals surface area contributed by atoms with E-state index in [4.69, 9.17) is 4.74 Å². The second kappa shape index (κ2) is 9.28. The highest BCUT2D eigenvalue weighted by Gasteiger charge is 2.13. The van der Waals surface area contributed by atoms with Crippen LogP contribution in [0.4, 0.5) is 5.69 Å². The summed E-state index contributed by atoms with van der Waals surface area (Å²) in [5.74, 6) is 2.38. The van der Waals surface area contributed by atoms with Gasteiger partial charge in [0.1, 0.15) is 11.5 Å². The minimum atomic E-state index is -0.110. The average molecular weight is 417 g/mol. The molecule has 0 saturated carbocycles. The fourth-order valence-electron chi connectivity index (χ4n) is 2.84. The number of aromatic nitrogens is 3. The lowest BCUT2D eigenvalue weighted by molar-refractivity contribution is -0.113. The van der Waals surface area contributed by atoms with Gasteiger partial charge in [0.2, 0.25) is 5.91 Å². The number of benzene rings is 3. The highest BCUT2D eigenvalue weighted by atomic mass is 32.2. The molecule has 0 fully saturated rings. The van der Waals surface area contributed by atoms with Crippen LogP contribution in [0.5, 0.6) is 11.5 Å². The highest BCUT2D eigenvalue weighted by Crippen LogP contribution is 2.24. The van der Waals surface area contributed by atoms with Crippen LogP contribution < -0.4 is 10.1 Å². The molecule has 0 bridgehead atoms. The monoisotopic (exact) mass is 416 g/mol. The van der Waals surface area contributed by atoms with Crippen molar-refractivity contribution >= 4 is 23.4 Å². The number of nitrogens with one attached hydrogen (secondary N) is 1. The maximum Gasteiger partial charge on any atom is 0.234 e. The van der Waals surface area contributed by atoms with Gasteiger partial charge < -0.3 is 14.6 Å². The van der Waals surface area contributed by atoms with Crippen molar-refractivity contribution in [3.8, 4) is 22.9 Å². The molecule has 7 heteroatoms. The first-order valence-electron chi connectivity index (χ1n) is 9.39. The molecule has 1 aromatic heterocycles. The molecule has 0 aliphatic carbocycles. The van der Waals surface area contributed by atoms with Crippen LogP contribution in [0.1, 0.15) is 0 Å². The maximum absolute atomic E-state index is 12.3. The minimum Gasteiger partial charge on any atom is -0.457 e. The molecule has 0 aliphatic rings. The number of hydrogen-bond donors (Lipinski definition) is 1. The van der Waals surface area contributed by atoms with Gasteiger partial charge >= 0.3 is 0 Å². The van der Waals surface area contributed by atoms with E-state index in [0.717, 1.165) is 17.1 Å². The van der Waals surface area contributed by atoms with Gasteiger partial charge in [-0.15, -0.1) is 10.2 Å². The molecule has 1 amide bonds. The van der Waals surface area contributed by atoms with Crippen LogP contribution in [0.3, 0.4) is 0 Å². The summed E-state index contributed by atoms with van der Waals surface area (Å²) in [5.41, 5.74) is 1.70. The number of carbonyl (C=O) groups is 1. The molecular formula is C23H20N4O2S. The first-order chi connectivity index (χ1) is 14.7. The molecule has 150 valence electrons. The third kappa shape index (κ3) is 4.87. The zero-order chi connectivity index (χ0) is 20.8. The molecule has 6 nitrogen and oxygen atoms in total. The van der Waals surface area contributed by atoms with Gasteiger partial charge in [0, 0.05) is 18.3 Å². The maximum atomic E-state index is 12.3. The van der Waals surface area contributed by atoms with E-state index in [0.29, 0.717) is 16.6 Å². The van der Waals surface area contributed by atoms with E-state index in [-0.39, 0.29) is 11.7 Å². The molecule has 0 spiro atoms. The first-order valence-corrected chi connectivity index (χ1v) is 10.4. The number of hydrogen-bond acceptors (Lipinski definition) is 5. The molecule has 0 saturated heterocycles. The Hall–Kier alpha value is -3.58. The van der Waals surface area contributed by atoms with E-state index in [9.17, 15) is 4.79 Å². The summed E-state index contributed by atoms with van der Waals surface area (Å²) in [5, 5.41) is 12.0. The number of amides is 1. The van der Waals surface area contributed by atoms with Crippen molar-refractivity contribution in [3.05, 3.63) is 84.9 Å². The van der Waals surface area contributed by atoms with Crippen LogP contribution in [-0.2, 0) is 11.8 Å². The van der Waals surface area contributed by atoms with Gasteiger partial charge in [-0.2, -0.15) is 0 Å². The second-order valence-corrected chi connectivity index (χ2v) is 7.45. The standard InChI is InChI=1S/C23H20N4O2S/c1-27-22(17-8-4-2-5-9-17)25-26-23(27)30-16-21(28)24-18-12-14-20(15-13-18)29-19-10-6-3-7-11-19/h2-15H,16H2,1H3,(H,24,28). The van der Waals surface area contributed by atoms with Gasteiger partial charge in [0.15, 0.2) is 11.0 Å². The Morgan fingerprint density at radius 1 is 0.900 bits per heavy atom. The van der Waals surface area contributed by atoms with E-state index in [1.54, 1.807) is 0 Å². The average Bonchev–Trinajstić information content (AvgIpc) is 3.15. The first kappa shape index (κ1) is 19.7. The van der Waals surface area contributed by atoms with Crippen molar-refractivity contribution in [2.24, 2.45) is 7.05 Å². The summed E-state index contributed by atoms with van der Waals surface area (Å²) >= 11 is 1.35. The van der Waals surface area contributed by atoms with E-state index >= 15 is 0 Å². The fraction of sp³-hybridized carbons (Fsp3) is 0.0870. The lowest BCUT2D eigenvalue weighted by Gasteiger charge is -2.08. The molecule has 4 rings (SSSR count). The third-order valence-electron chi connectivity index (χ3n) is 4.32. The Bertz CT molecular complexity index is 1110. The number of rotatable bonds is 7. The van der Waals surface area contributed by atoms with Crippen molar-refractivity contribution in [1.29, 1.82) is 0 Å². The van der Waals surface area contributed by atoms with E-state index in [2.05, 4.69) is 15.5 Å². The summed E-state index contributed by atoms with van der Waals surface area (Å²) in [6.07, 6.45) is 0. The van der Waals surface area contributed by atoms with Crippen LogP contribution in [0.15, 0.2) is 90.1 Å². The van der Waals surface area contributed by atoms with Gasteiger partial charge in [-0.25, -0.2) is 0 Å². The number of para-hydroxylation sites is 1. The Balaban J connectivity index is 1.31. The second-order valence-electron chi connectivity index (χ2n) is 6.51. The van der Waals surface area contributed by atoms with E-state index in [1.165, 1.54) is 11.8 Å². The molecule has 1 N–H and O–H groups in total. The number of carbonyl (C=O) groups excluding carboxylic acids is 1. The van der Waals surface area contributed by atoms with Gasteiger partial charge in [0.05, 0.1) is 5.75 Å². The number of ether oxygens (including phenoxy) is 1. The van der Waals surface area contributed by atoms with Gasteiger partial charge in [0.25, 0.3) is 0 Å². The number of nitrogens with zero attached hydrogens (tertiary/aromatic N) is 3. The predicted octanol–water partition coefficient (Wildman–Crippen LogP) is 5.01. The summed E-state index contributed by atoms with van der Waals surface area (Å²) < 4.78 is 7.65. The SMILES string of the molecule is Cn1c(SCC(=O)Nc2ccc(Oc3ccccc3)cc2)nnc1-c1ccccc1. The summed E-state index contributed by atoms with van der Waals surface area (Å²) in [7, 11) is 1.90. The fourth-order valence-corrected chi connectivity index (χ4v) is 3.55. The number of thioether (sulfide) groups is 1. The Morgan fingerprint density at radius 2 is 1.53 bits per heavy atom. The van der Waals surface area contributed by atoms with Gasteiger partial charge in [-0.3, -0.25) is 4.79 Å². The zero-order valence-corrected chi connectivity index (χ0v) is 17.2. The van der Waals surface area contributed by atoms with Crippen LogP contribution in [0, 0.1) is 0 Å². The van der Waals surface area contributed by atoms with E-state index < -0.39 is 0 Å². The summed E-state index contributed by atoms with van der Waals surface area (Å²) in [6.45, 7) is 0. The summed E-state index contributed by atoms with van der Waals surface area (Å²) in [6, 6.07) is 26.7. The Kier molecular flexibility index (Phi) is 6.10. The van der Waals surface area contributed by atoms with Crippen molar-refractivity contribution in [2.45, 2.75) is 5.16 Å². The molecule has 1 heterocycles. The number of anilines is 1. The quantitative estimate of drug-likeness (QED) is 0.429. The molecule has 0 atom stereocenters. The molecule has 3 aromatic carbocycles. The summed E-state index contributed by atoms with van der Waals surface area (Å²) in [4.78, 5) is 12.3. The van der Waals surface area contributed by atoms with Crippen molar-refractivity contribution < 1.29 is 9.53 Å². The van der Waals surface area contributed by atoms with Crippen LogP contribution >= 0.6 is 11.8 Å². The predicted molar refractivity (Wildman–Crippen MR) is 119 cm³/mol. The van der Waals surface area contributed by atoms with Crippen LogP contribution in [-0.4, -0.2) is 26.4 Å². The van der Waals surface area contributed by atoms with Crippen molar-refractivity contribution in [3.63, 3.8) is 0 Å². The van der Waals surface area contributed by atoms with Gasteiger partial charge in [-0.1, -0.05) is 60.3 Å². The van der Waals surface area contributed by atoms with Gasteiger partial charge in [-0.05, 0) is 36.4 Å². The zero-order valence-electron chi connectivity index (χ0n) is 16.4. The highest BCUT2D eigenvalue weighted by molar-refractivity contribution is 7.99. The lowest BCUT2D eigenvalue weighted by atomic mass is 10.2. The lowest BCUT2D eigenvalue weighted by Crippen LogP contribution is -2.14. The molecule has 0 unspecified atom stereocenters. The van der Waals surface area contributed by atoms with E-state index in [1.807, 2.05) is 96.5 Å². The normalized spacial score (nSPS) is 10.6. The van der Waals surface area contributed by atoms with Crippen LogP contribution in [0.2, 0.25) is 0 Å². The molecule has 0 aliphatic heterocycles. The third-order valence-corrected chi connectivity index (χ3v) is 5.34. The largest absolute Gasteiger partial charge is 0.457 e. The molecule has 4 aromatic rings. The van der Waals surface area contributed by atoms with Crippen molar-refractivity contribution in [2.75, 3.05) is 11.1 Å². The Labute approximate surface area is 178 Å². The molecule has 30 heavy (non-hydrogen) atoms. The molecular weight excluding hydrogens is 396 g/mol. The van der Waals surface area contributed by atoms with Crippen LogP contribution in [0.25, 0.3) is 11.4 Å². The minimum absolute atomic E-state index is 0.110. The molecule has 0 radical (unpaired) electrons. The topological polar surface area (TPSA) is 69.0 Å². The van der Waals surface area contributed by atoms with Crippen molar-refractivity contribution in [1.82, 2.24) is 14.8 Å².